The summed E-state index contributed by atoms with van der Waals surface area (Å²) in [6.07, 6.45) is 2.51. The number of fused-ring (bicyclic) bond motifs is 2. The van der Waals surface area contributed by atoms with E-state index in [1.807, 2.05) is 79.7 Å². The van der Waals surface area contributed by atoms with Gasteiger partial charge in [0.15, 0.2) is 12.4 Å². The topological polar surface area (TPSA) is 197 Å². The fourth-order valence-electron chi connectivity index (χ4n) is 6.98. The highest BCUT2D eigenvalue weighted by Crippen LogP contribution is 2.41. The summed E-state index contributed by atoms with van der Waals surface area (Å²) in [6.45, 7) is 2.67. The van der Waals surface area contributed by atoms with Crippen LogP contribution in [0.25, 0.3) is 10.9 Å². The monoisotopic (exact) mass is 804 g/mol. The largest absolute Gasteiger partial charge is 0.506 e. The van der Waals surface area contributed by atoms with Gasteiger partial charge in [-0.05, 0) is 110 Å². The molecular weight excluding hydrogens is 761 g/mol. The summed E-state index contributed by atoms with van der Waals surface area (Å²) in [5, 5.41) is 33.6. The Labute approximate surface area is 347 Å². The van der Waals surface area contributed by atoms with E-state index in [4.69, 9.17) is 15.2 Å². The van der Waals surface area contributed by atoms with Gasteiger partial charge in [-0.1, -0.05) is 36.1 Å². The van der Waals surface area contributed by atoms with E-state index in [2.05, 4.69) is 44.2 Å². The van der Waals surface area contributed by atoms with Crippen molar-refractivity contribution in [2.24, 2.45) is 5.73 Å². The molecule has 60 heavy (non-hydrogen) atoms. The summed E-state index contributed by atoms with van der Waals surface area (Å²) < 4.78 is 10.8. The number of hydrogen-bond donors (Lipinski definition) is 7. The van der Waals surface area contributed by atoms with Gasteiger partial charge in [-0.25, -0.2) is 0 Å². The number of anilines is 4. The van der Waals surface area contributed by atoms with Crippen LogP contribution in [0.15, 0.2) is 103 Å². The Morgan fingerprint density at radius 2 is 1.82 bits per heavy atom. The molecule has 7 rings (SSSR count). The molecule has 1 atom stereocenters. The summed E-state index contributed by atoms with van der Waals surface area (Å²) in [7, 11) is 1.59. The number of amides is 3. The average molecular weight is 805 g/mol. The summed E-state index contributed by atoms with van der Waals surface area (Å²) >= 11 is 0. The van der Waals surface area contributed by atoms with Crippen molar-refractivity contribution < 1.29 is 34.1 Å². The molecule has 304 valence electrons. The summed E-state index contributed by atoms with van der Waals surface area (Å²) in [5.74, 6) is 5.92. The maximum absolute atomic E-state index is 13.3. The highest BCUT2D eigenvalue weighted by molar-refractivity contribution is 6.08. The zero-order valence-electron chi connectivity index (χ0n) is 33.1. The minimum atomic E-state index is -0.898. The van der Waals surface area contributed by atoms with Crippen molar-refractivity contribution >= 4 is 51.4 Å². The quantitative estimate of drug-likeness (QED) is 0.0352. The first kappa shape index (κ1) is 40.8. The van der Waals surface area contributed by atoms with E-state index < -0.39 is 12.0 Å². The molecule has 8 N–H and O–H groups in total. The Bertz CT molecular complexity index is 2650. The number of benzene rings is 5. The number of ether oxygens (including phenoxy) is 2. The van der Waals surface area contributed by atoms with Crippen LogP contribution in [0.1, 0.15) is 67.5 Å². The van der Waals surface area contributed by atoms with Crippen LogP contribution in [0.4, 0.5) is 22.7 Å². The van der Waals surface area contributed by atoms with Crippen molar-refractivity contribution in [3.8, 4) is 29.1 Å². The molecule has 13 nitrogen and oxygen atoms in total. The molecule has 1 aliphatic heterocycles. The third-order valence-corrected chi connectivity index (χ3v) is 9.93. The third kappa shape index (κ3) is 9.65. The first-order valence-corrected chi connectivity index (χ1v) is 19.4. The van der Waals surface area contributed by atoms with Crippen LogP contribution >= 0.6 is 0 Å². The molecule has 0 aliphatic carbocycles. The number of primary amides is 1. The number of carbonyl (C=O) groups excluding carboxylic acids is 3. The van der Waals surface area contributed by atoms with E-state index in [9.17, 15) is 24.6 Å². The predicted molar refractivity (Wildman–Crippen MR) is 231 cm³/mol. The molecule has 6 aromatic rings. The van der Waals surface area contributed by atoms with Crippen molar-refractivity contribution in [2.45, 2.75) is 32.3 Å². The molecule has 0 radical (unpaired) electrons. The van der Waals surface area contributed by atoms with E-state index in [-0.39, 0.29) is 47.7 Å². The number of nitrogens with zero attached hydrogens (tertiary/aromatic N) is 1. The van der Waals surface area contributed by atoms with Crippen LogP contribution in [0, 0.1) is 18.8 Å². The number of aliphatic hydroxyl groups is 1. The number of phenolic OH excluding ortho intramolecular Hbond substituents is 1. The Hall–Kier alpha value is -7.40. The molecule has 3 amide bonds. The van der Waals surface area contributed by atoms with E-state index in [1.165, 1.54) is 12.3 Å². The molecule has 2 heterocycles. The molecule has 0 bridgehead atoms. The molecule has 0 unspecified atom stereocenters. The van der Waals surface area contributed by atoms with Crippen LogP contribution in [0.5, 0.6) is 17.2 Å². The number of aromatic hydroxyl groups is 1. The lowest BCUT2D eigenvalue weighted by Crippen LogP contribution is -2.28. The number of nitrogens with one attached hydrogen (secondary N) is 4. The van der Waals surface area contributed by atoms with Crippen LogP contribution < -0.4 is 36.5 Å². The summed E-state index contributed by atoms with van der Waals surface area (Å²) in [5.41, 5.74) is 13.5. The van der Waals surface area contributed by atoms with Crippen LogP contribution in [-0.4, -0.2) is 59.7 Å². The van der Waals surface area contributed by atoms with Gasteiger partial charge in [0.05, 0.1) is 30.0 Å². The van der Waals surface area contributed by atoms with Gasteiger partial charge in [0, 0.05) is 58.7 Å². The number of aryl methyl sites for hydroxylation is 1. The Balaban J connectivity index is 0.930. The number of carbonyl (C=O) groups is 3. The molecule has 1 aromatic heterocycles. The van der Waals surface area contributed by atoms with Gasteiger partial charge in [0.1, 0.15) is 17.2 Å². The van der Waals surface area contributed by atoms with E-state index in [0.717, 1.165) is 45.3 Å². The molecule has 0 saturated carbocycles. The van der Waals surface area contributed by atoms with Crippen LogP contribution in [-0.2, 0) is 11.2 Å². The van der Waals surface area contributed by atoms with Crippen molar-refractivity contribution in [2.75, 3.05) is 42.8 Å². The number of nitrogens with two attached hydrogens (primary N) is 1. The molecule has 1 aliphatic rings. The zero-order chi connectivity index (χ0) is 42.2. The SMILES string of the molecule is COc1cccc(Nc2c(C(N)=O)cnc3c(C)cc(Cc4cccc(C(=O)Nc5ccc(C#CCCCNC[C@H](O)c6ccc(O)c7c6OCC(=O)N7)cc5)c4)cc23)c1. The highest BCUT2D eigenvalue weighted by atomic mass is 16.5. The van der Waals surface area contributed by atoms with E-state index >= 15 is 0 Å². The first-order valence-electron chi connectivity index (χ1n) is 19.4. The summed E-state index contributed by atoms with van der Waals surface area (Å²) in [6, 6.07) is 29.3. The second kappa shape index (κ2) is 18.5. The average Bonchev–Trinajstić information content (AvgIpc) is 3.24. The molecule has 5 aromatic carbocycles. The smallest absolute Gasteiger partial charge is 0.262 e. The predicted octanol–water partition coefficient (Wildman–Crippen LogP) is 6.73. The number of aromatic nitrogens is 1. The van der Waals surface area contributed by atoms with Crippen LogP contribution in [0.3, 0.4) is 0 Å². The van der Waals surface area contributed by atoms with E-state index in [0.29, 0.717) is 47.6 Å². The Morgan fingerprint density at radius 1 is 1.00 bits per heavy atom. The molecule has 13 heteroatoms. The minimum Gasteiger partial charge on any atom is -0.506 e. The fraction of sp³-hybridized carbons (Fsp3) is 0.191. The van der Waals surface area contributed by atoms with Crippen LogP contribution in [0.2, 0.25) is 0 Å². The second-order valence-electron chi connectivity index (χ2n) is 14.3. The van der Waals surface area contributed by atoms with Crippen molar-refractivity contribution in [1.82, 2.24) is 10.3 Å². The number of unbranched alkanes of at least 4 members (excludes halogenated alkanes) is 1. The normalized spacial score (nSPS) is 12.3. The van der Waals surface area contributed by atoms with Crippen molar-refractivity contribution in [3.05, 3.63) is 142 Å². The van der Waals surface area contributed by atoms with Crippen molar-refractivity contribution in [1.29, 1.82) is 0 Å². The standard InChI is InChI=1S/C47H44N6O7/c1-28-20-31(23-37-42(28)50-25-38(46(48)57)43(37)51-34-11-7-12-35(24-34)59-2)21-30-9-6-10-32(22-30)47(58)52-33-15-13-29(14-16-33)8-4-3-5-19-49-26-40(55)36-17-18-39(54)44-45(36)60-27-41(56)53-44/h6-7,9-18,20,22-25,40,49,54-55H,3,5,19,21,26-27H2,1-2H3,(H2,48,57)(H,50,51)(H,52,58)(H,53,56)/t40-/m0/s1. The van der Waals surface area contributed by atoms with Crippen molar-refractivity contribution in [3.63, 3.8) is 0 Å². The number of rotatable bonds is 14. The summed E-state index contributed by atoms with van der Waals surface area (Å²) in [4.78, 5) is 42.1. The molecule has 0 saturated heterocycles. The lowest BCUT2D eigenvalue weighted by Gasteiger charge is -2.23. The first-order chi connectivity index (χ1) is 29.1. The lowest BCUT2D eigenvalue weighted by atomic mass is 9.97. The number of phenols is 1. The maximum Gasteiger partial charge on any atom is 0.262 e. The van der Waals surface area contributed by atoms with Gasteiger partial charge in [-0.3, -0.25) is 19.4 Å². The fourth-order valence-corrected chi connectivity index (χ4v) is 6.98. The maximum atomic E-state index is 13.3. The van der Waals surface area contributed by atoms with Gasteiger partial charge < -0.3 is 46.7 Å². The van der Waals surface area contributed by atoms with Gasteiger partial charge in [0.25, 0.3) is 17.7 Å². The Morgan fingerprint density at radius 3 is 2.62 bits per heavy atom. The Kier molecular flexibility index (Phi) is 12.5. The van der Waals surface area contributed by atoms with Gasteiger partial charge >= 0.3 is 0 Å². The highest BCUT2D eigenvalue weighted by Gasteiger charge is 2.25. The lowest BCUT2D eigenvalue weighted by molar-refractivity contribution is -0.118. The number of pyridine rings is 1. The van der Waals surface area contributed by atoms with Gasteiger partial charge in [-0.15, -0.1) is 0 Å². The zero-order valence-corrected chi connectivity index (χ0v) is 33.1. The second-order valence-corrected chi connectivity index (χ2v) is 14.3. The number of aliphatic hydroxyl groups excluding tert-OH is 1. The van der Waals surface area contributed by atoms with Gasteiger partial charge in [-0.2, -0.15) is 0 Å². The number of hydrogen-bond acceptors (Lipinski definition) is 10. The molecule has 0 spiro atoms. The van der Waals surface area contributed by atoms with Gasteiger partial charge in [0.2, 0.25) is 0 Å². The minimum absolute atomic E-state index is 0.121. The van der Waals surface area contributed by atoms with E-state index in [1.54, 1.807) is 19.2 Å². The molecular formula is C47H44N6O7. The molecule has 0 fully saturated rings. The third-order valence-electron chi connectivity index (χ3n) is 9.93. The number of methoxy groups -OCH3 is 1.